The Morgan fingerprint density at radius 2 is 2.00 bits per heavy atom. The average molecular weight is 212 g/mol. The van der Waals surface area contributed by atoms with Crippen LogP contribution < -0.4 is 10.6 Å². The number of aromatic nitrogens is 2. The molecule has 0 aromatic carbocycles. The first-order valence-corrected chi connectivity index (χ1v) is 5.22. The van der Waals surface area contributed by atoms with Gasteiger partial charge in [0, 0.05) is 25.6 Å². The molecule has 0 atom stereocenters. The lowest BCUT2D eigenvalue weighted by Crippen LogP contribution is -2.40. The summed E-state index contributed by atoms with van der Waals surface area (Å²) in [4.78, 5) is 4.10. The molecular formula is C10H20N4O. The highest BCUT2D eigenvalue weighted by molar-refractivity contribution is 4.82. The number of aryl methyl sites for hydroxylation is 1. The molecule has 1 aromatic rings. The number of hydrogen-bond donors (Lipinski definition) is 2. The van der Waals surface area contributed by atoms with E-state index in [1.807, 2.05) is 0 Å². The maximum atomic E-state index is 4.86. The summed E-state index contributed by atoms with van der Waals surface area (Å²) >= 11 is 0. The minimum absolute atomic E-state index is 0.171. The number of hydrogen-bond acceptors (Lipinski definition) is 5. The molecule has 0 saturated carbocycles. The summed E-state index contributed by atoms with van der Waals surface area (Å²) in [7, 11) is 0. The van der Waals surface area contributed by atoms with E-state index in [1.165, 1.54) is 0 Å². The Kier molecular flexibility index (Phi) is 4.23. The van der Waals surface area contributed by atoms with E-state index >= 15 is 0 Å². The van der Waals surface area contributed by atoms with Crippen LogP contribution >= 0.6 is 0 Å². The zero-order valence-electron chi connectivity index (χ0n) is 9.92. The van der Waals surface area contributed by atoms with Crippen LogP contribution in [-0.4, -0.2) is 28.8 Å². The minimum atomic E-state index is 0.171. The molecule has 0 aliphatic rings. The number of nitrogens with one attached hydrogen (secondary N) is 2. The van der Waals surface area contributed by atoms with E-state index in [1.54, 1.807) is 6.92 Å². The molecule has 86 valence electrons. The zero-order chi connectivity index (χ0) is 11.3. The van der Waals surface area contributed by atoms with Crippen molar-refractivity contribution in [1.82, 2.24) is 20.8 Å². The van der Waals surface area contributed by atoms with E-state index in [0.29, 0.717) is 18.3 Å². The second-order valence-corrected chi connectivity index (χ2v) is 4.58. The van der Waals surface area contributed by atoms with Crippen LogP contribution in [0.5, 0.6) is 0 Å². The molecule has 0 aliphatic heterocycles. The maximum absolute atomic E-state index is 4.86. The van der Waals surface area contributed by atoms with Gasteiger partial charge in [0.05, 0.1) is 6.54 Å². The summed E-state index contributed by atoms with van der Waals surface area (Å²) in [6.07, 6.45) is 0. The monoisotopic (exact) mass is 212 g/mol. The summed E-state index contributed by atoms with van der Waals surface area (Å²) in [5.74, 6) is 1.32. The van der Waals surface area contributed by atoms with Gasteiger partial charge in [0.25, 0.3) is 0 Å². The highest BCUT2D eigenvalue weighted by Gasteiger charge is 2.07. The van der Waals surface area contributed by atoms with Crippen LogP contribution in [-0.2, 0) is 6.54 Å². The topological polar surface area (TPSA) is 63.0 Å². The van der Waals surface area contributed by atoms with Crippen LogP contribution in [0.2, 0.25) is 0 Å². The molecular weight excluding hydrogens is 192 g/mol. The molecule has 1 heterocycles. The molecule has 0 radical (unpaired) electrons. The molecule has 5 nitrogen and oxygen atoms in total. The number of nitrogens with zero attached hydrogens (tertiary/aromatic N) is 2. The lowest BCUT2D eigenvalue weighted by atomic mass is 10.1. The maximum Gasteiger partial charge on any atom is 0.223 e. The Balaban J connectivity index is 2.07. The zero-order valence-corrected chi connectivity index (χ0v) is 9.92. The van der Waals surface area contributed by atoms with E-state index in [2.05, 4.69) is 41.5 Å². The largest absolute Gasteiger partial charge is 0.340 e. The van der Waals surface area contributed by atoms with Gasteiger partial charge < -0.3 is 15.2 Å². The van der Waals surface area contributed by atoms with Gasteiger partial charge in [0.15, 0.2) is 5.82 Å². The smallest absolute Gasteiger partial charge is 0.223 e. The summed E-state index contributed by atoms with van der Waals surface area (Å²) < 4.78 is 4.86. The highest BCUT2D eigenvalue weighted by atomic mass is 16.5. The Morgan fingerprint density at radius 3 is 2.53 bits per heavy atom. The lowest BCUT2D eigenvalue weighted by Gasteiger charge is -2.20. The predicted octanol–water partition coefficient (Wildman–Crippen LogP) is 0.856. The molecule has 0 spiro atoms. The molecule has 1 rings (SSSR count). The first-order chi connectivity index (χ1) is 6.97. The third kappa shape index (κ3) is 5.49. The lowest BCUT2D eigenvalue weighted by molar-refractivity contribution is 0.384. The van der Waals surface area contributed by atoms with Crippen molar-refractivity contribution in [2.75, 3.05) is 13.1 Å². The molecule has 0 aliphatic carbocycles. The van der Waals surface area contributed by atoms with Gasteiger partial charge in [0.2, 0.25) is 5.89 Å². The Bertz CT molecular complexity index is 290. The van der Waals surface area contributed by atoms with E-state index < -0.39 is 0 Å². The van der Waals surface area contributed by atoms with Crippen molar-refractivity contribution in [1.29, 1.82) is 0 Å². The quantitative estimate of drug-likeness (QED) is 0.709. The van der Waals surface area contributed by atoms with Crippen molar-refractivity contribution in [2.45, 2.75) is 39.8 Å². The highest BCUT2D eigenvalue weighted by Crippen LogP contribution is 1.96. The van der Waals surface area contributed by atoms with Gasteiger partial charge in [-0.2, -0.15) is 4.98 Å². The van der Waals surface area contributed by atoms with E-state index in [0.717, 1.165) is 13.1 Å². The molecule has 1 aromatic heterocycles. The van der Waals surface area contributed by atoms with Crippen molar-refractivity contribution in [2.24, 2.45) is 0 Å². The van der Waals surface area contributed by atoms with Crippen molar-refractivity contribution < 1.29 is 4.52 Å². The fourth-order valence-corrected chi connectivity index (χ4v) is 1.14. The normalized spacial score (nSPS) is 12.0. The van der Waals surface area contributed by atoms with Gasteiger partial charge in [-0.15, -0.1) is 0 Å². The van der Waals surface area contributed by atoms with E-state index in [4.69, 9.17) is 4.52 Å². The van der Waals surface area contributed by atoms with Gasteiger partial charge in [-0.3, -0.25) is 0 Å². The van der Waals surface area contributed by atoms with Crippen LogP contribution in [0, 0.1) is 6.92 Å². The Morgan fingerprint density at radius 1 is 1.27 bits per heavy atom. The Labute approximate surface area is 90.6 Å². The summed E-state index contributed by atoms with van der Waals surface area (Å²) in [5, 5.41) is 10.4. The van der Waals surface area contributed by atoms with E-state index in [-0.39, 0.29) is 5.54 Å². The summed E-state index contributed by atoms with van der Waals surface area (Å²) in [5.41, 5.74) is 0.171. The summed E-state index contributed by atoms with van der Waals surface area (Å²) in [6.45, 7) is 10.7. The molecule has 5 heteroatoms. The second kappa shape index (κ2) is 5.23. The van der Waals surface area contributed by atoms with Crippen LogP contribution in [0.3, 0.4) is 0 Å². The van der Waals surface area contributed by atoms with Gasteiger partial charge in [0.1, 0.15) is 0 Å². The van der Waals surface area contributed by atoms with E-state index in [9.17, 15) is 0 Å². The fraction of sp³-hybridized carbons (Fsp3) is 0.800. The SMILES string of the molecule is Cc1nc(CNCCNC(C)(C)C)no1. The molecule has 0 unspecified atom stereocenters. The molecule has 2 N–H and O–H groups in total. The van der Waals surface area contributed by atoms with Gasteiger partial charge in [-0.05, 0) is 20.8 Å². The third-order valence-corrected chi connectivity index (χ3v) is 1.81. The fourth-order valence-electron chi connectivity index (χ4n) is 1.14. The molecule has 0 bridgehead atoms. The van der Waals surface area contributed by atoms with Crippen LogP contribution in [0.25, 0.3) is 0 Å². The minimum Gasteiger partial charge on any atom is -0.340 e. The van der Waals surface area contributed by atoms with Gasteiger partial charge in [-0.25, -0.2) is 0 Å². The molecule has 15 heavy (non-hydrogen) atoms. The van der Waals surface area contributed by atoms with Crippen LogP contribution in [0.15, 0.2) is 4.52 Å². The van der Waals surface area contributed by atoms with Crippen LogP contribution in [0.4, 0.5) is 0 Å². The molecule has 0 saturated heterocycles. The first-order valence-electron chi connectivity index (χ1n) is 5.22. The van der Waals surface area contributed by atoms with Crippen LogP contribution in [0.1, 0.15) is 32.5 Å². The second-order valence-electron chi connectivity index (χ2n) is 4.58. The molecule has 0 fully saturated rings. The first kappa shape index (κ1) is 12.1. The van der Waals surface area contributed by atoms with Crippen molar-refractivity contribution in [3.05, 3.63) is 11.7 Å². The van der Waals surface area contributed by atoms with Crippen molar-refractivity contribution >= 4 is 0 Å². The number of rotatable bonds is 5. The summed E-state index contributed by atoms with van der Waals surface area (Å²) in [6, 6.07) is 0. The molecule has 0 amide bonds. The van der Waals surface area contributed by atoms with Gasteiger partial charge >= 0.3 is 0 Å². The average Bonchev–Trinajstić information content (AvgIpc) is 2.49. The Hall–Kier alpha value is -0.940. The standard InChI is InChI=1S/C10H20N4O/c1-8-13-9(14-15-8)7-11-5-6-12-10(2,3)4/h11-12H,5-7H2,1-4H3. The third-order valence-electron chi connectivity index (χ3n) is 1.81. The van der Waals surface area contributed by atoms with Crippen molar-refractivity contribution in [3.63, 3.8) is 0 Å². The van der Waals surface area contributed by atoms with Crippen molar-refractivity contribution in [3.8, 4) is 0 Å². The predicted molar refractivity (Wildman–Crippen MR) is 58.5 cm³/mol. The van der Waals surface area contributed by atoms with Gasteiger partial charge in [-0.1, -0.05) is 5.16 Å².